The molecule has 1 aromatic carbocycles. The fraction of sp³-hybridized carbons (Fsp3) is 0.607. The van der Waals surface area contributed by atoms with Gasteiger partial charge in [0, 0.05) is 88.0 Å². The van der Waals surface area contributed by atoms with Gasteiger partial charge in [-0.05, 0) is 56.9 Å². The molecule has 1 aromatic heterocycles. The van der Waals surface area contributed by atoms with Crippen molar-refractivity contribution < 1.29 is 18.6 Å². The average Bonchev–Trinajstić information content (AvgIpc) is 2.91. The van der Waals surface area contributed by atoms with E-state index in [-0.39, 0.29) is 11.4 Å². The Kier molecular flexibility index (Phi) is 10.0. The standard InChI is InChI=1S/C28H40ClFN4O3/c1-19(17-35-2)33-20-4-6-21(7-5-20)34-27-15-23(25(29)16-31-27)24-14-22(8-9-26(24)30)32-18-28(36-3)10-12-37-13-11-28/h8-9,14-16,19-21,32-33H,4-7,10-13,17-18H2,1-3H3,(H,31,34)/t19-,20-,21-/m1/s1. The van der Waals surface area contributed by atoms with Crippen LogP contribution in [0.1, 0.15) is 45.4 Å². The number of ether oxygens (including phenoxy) is 3. The number of benzene rings is 1. The number of methoxy groups -OCH3 is 2. The quantitative estimate of drug-likeness (QED) is 0.351. The summed E-state index contributed by atoms with van der Waals surface area (Å²) in [5.74, 6) is 0.385. The smallest absolute Gasteiger partial charge is 0.131 e. The predicted molar refractivity (Wildman–Crippen MR) is 147 cm³/mol. The zero-order chi connectivity index (χ0) is 26.3. The van der Waals surface area contributed by atoms with Gasteiger partial charge in [-0.3, -0.25) is 0 Å². The summed E-state index contributed by atoms with van der Waals surface area (Å²) in [5, 5.41) is 11.0. The van der Waals surface area contributed by atoms with Gasteiger partial charge in [-0.25, -0.2) is 9.37 Å². The number of anilines is 2. The first kappa shape index (κ1) is 28.0. The molecule has 2 aromatic rings. The van der Waals surface area contributed by atoms with Crippen molar-refractivity contribution in [3.8, 4) is 11.1 Å². The molecule has 0 bridgehead atoms. The van der Waals surface area contributed by atoms with Crippen molar-refractivity contribution in [2.24, 2.45) is 0 Å². The van der Waals surface area contributed by atoms with Crippen molar-refractivity contribution in [1.82, 2.24) is 10.3 Å². The van der Waals surface area contributed by atoms with E-state index in [1.54, 1.807) is 32.5 Å². The zero-order valence-corrected chi connectivity index (χ0v) is 22.9. The van der Waals surface area contributed by atoms with E-state index in [1.807, 2.05) is 6.07 Å². The predicted octanol–water partition coefficient (Wildman–Crippen LogP) is 5.50. The summed E-state index contributed by atoms with van der Waals surface area (Å²) in [6, 6.07) is 8.04. The van der Waals surface area contributed by atoms with Crippen LogP contribution in [-0.4, -0.2) is 69.3 Å². The molecule has 7 nitrogen and oxygen atoms in total. The molecule has 1 atom stereocenters. The molecule has 4 rings (SSSR count). The lowest BCUT2D eigenvalue weighted by atomic mass is 9.90. The van der Waals surface area contributed by atoms with Crippen LogP contribution in [0.3, 0.4) is 0 Å². The van der Waals surface area contributed by atoms with E-state index in [0.717, 1.165) is 44.2 Å². The second kappa shape index (κ2) is 13.2. The number of nitrogens with zero attached hydrogens (tertiary/aromatic N) is 1. The van der Waals surface area contributed by atoms with Gasteiger partial charge >= 0.3 is 0 Å². The SMILES string of the molecule is COC[C@@H](C)N[C@H]1CC[C@H](Nc2cc(-c3cc(NCC4(OC)CCOCC4)ccc3F)c(Cl)cn2)CC1. The third kappa shape index (κ3) is 7.54. The van der Waals surface area contributed by atoms with Gasteiger partial charge in [-0.2, -0.15) is 0 Å². The van der Waals surface area contributed by atoms with Crippen LogP contribution in [0.5, 0.6) is 0 Å². The second-order valence-electron chi connectivity index (χ2n) is 10.3. The van der Waals surface area contributed by atoms with Crippen molar-refractivity contribution in [1.29, 1.82) is 0 Å². The maximum absolute atomic E-state index is 15.0. The molecule has 3 N–H and O–H groups in total. The van der Waals surface area contributed by atoms with Gasteiger partial charge in [0.25, 0.3) is 0 Å². The fourth-order valence-corrected chi connectivity index (χ4v) is 5.54. The highest BCUT2D eigenvalue weighted by atomic mass is 35.5. The van der Waals surface area contributed by atoms with Crippen LogP contribution in [0.2, 0.25) is 5.02 Å². The Bertz CT molecular complexity index is 1010. The summed E-state index contributed by atoms with van der Waals surface area (Å²) in [4.78, 5) is 4.48. The molecule has 0 radical (unpaired) electrons. The fourth-order valence-electron chi connectivity index (χ4n) is 5.34. The minimum atomic E-state index is -0.325. The topological polar surface area (TPSA) is 76.7 Å². The summed E-state index contributed by atoms with van der Waals surface area (Å²) in [7, 11) is 3.47. The van der Waals surface area contributed by atoms with Crippen LogP contribution < -0.4 is 16.0 Å². The van der Waals surface area contributed by atoms with E-state index >= 15 is 0 Å². The molecule has 1 aliphatic carbocycles. The Morgan fingerprint density at radius 3 is 2.54 bits per heavy atom. The molecule has 1 saturated heterocycles. The first-order valence-electron chi connectivity index (χ1n) is 13.2. The molecule has 2 heterocycles. The number of hydrogen-bond acceptors (Lipinski definition) is 7. The normalized spacial score (nSPS) is 22.4. The lowest BCUT2D eigenvalue weighted by Gasteiger charge is -2.36. The molecule has 204 valence electrons. The monoisotopic (exact) mass is 534 g/mol. The number of pyridine rings is 1. The highest BCUT2D eigenvalue weighted by molar-refractivity contribution is 6.33. The minimum Gasteiger partial charge on any atom is -0.383 e. The van der Waals surface area contributed by atoms with Gasteiger partial charge < -0.3 is 30.2 Å². The maximum atomic E-state index is 15.0. The van der Waals surface area contributed by atoms with Gasteiger partial charge in [0.05, 0.1) is 17.2 Å². The third-order valence-electron chi connectivity index (χ3n) is 7.58. The van der Waals surface area contributed by atoms with Crippen LogP contribution in [0.4, 0.5) is 15.9 Å². The van der Waals surface area contributed by atoms with Gasteiger partial charge in [-0.1, -0.05) is 11.6 Å². The van der Waals surface area contributed by atoms with Crippen LogP contribution in [0.15, 0.2) is 30.5 Å². The largest absolute Gasteiger partial charge is 0.383 e. The van der Waals surface area contributed by atoms with E-state index in [1.165, 1.54) is 6.07 Å². The highest BCUT2D eigenvalue weighted by Gasteiger charge is 2.32. The maximum Gasteiger partial charge on any atom is 0.131 e. The van der Waals surface area contributed by atoms with E-state index < -0.39 is 0 Å². The number of halogens is 2. The van der Waals surface area contributed by atoms with Crippen molar-refractivity contribution in [2.45, 2.75) is 69.2 Å². The molecule has 37 heavy (non-hydrogen) atoms. The molecule has 0 spiro atoms. The summed E-state index contributed by atoms with van der Waals surface area (Å²) < 4.78 is 31.5. The summed E-state index contributed by atoms with van der Waals surface area (Å²) in [5.41, 5.74) is 1.60. The molecule has 0 amide bonds. The Hall–Kier alpha value is -1.97. The molecular weight excluding hydrogens is 495 g/mol. The molecule has 2 fully saturated rings. The van der Waals surface area contributed by atoms with Crippen molar-refractivity contribution in [3.63, 3.8) is 0 Å². The van der Waals surface area contributed by atoms with Gasteiger partial charge in [0.1, 0.15) is 11.6 Å². The number of nitrogens with one attached hydrogen (secondary N) is 3. The van der Waals surface area contributed by atoms with Crippen LogP contribution in [-0.2, 0) is 14.2 Å². The first-order chi connectivity index (χ1) is 17.9. The Morgan fingerprint density at radius 2 is 1.84 bits per heavy atom. The number of rotatable bonds is 11. The zero-order valence-electron chi connectivity index (χ0n) is 22.1. The van der Waals surface area contributed by atoms with Gasteiger partial charge in [0.15, 0.2) is 0 Å². The Balaban J connectivity index is 1.41. The summed E-state index contributed by atoms with van der Waals surface area (Å²) in [6.45, 7) is 4.84. The molecule has 9 heteroatoms. The lowest BCUT2D eigenvalue weighted by Crippen LogP contribution is -2.44. The average molecular weight is 535 g/mol. The summed E-state index contributed by atoms with van der Waals surface area (Å²) in [6.07, 6.45) is 7.49. The molecular formula is C28H40ClFN4O3. The van der Waals surface area contributed by atoms with Crippen LogP contribution in [0, 0.1) is 5.82 Å². The van der Waals surface area contributed by atoms with Crippen LogP contribution in [0.25, 0.3) is 11.1 Å². The number of aromatic nitrogens is 1. The van der Waals surface area contributed by atoms with E-state index in [2.05, 4.69) is 27.9 Å². The molecule has 1 aliphatic heterocycles. The highest BCUT2D eigenvalue weighted by Crippen LogP contribution is 2.34. The molecule has 2 aliphatic rings. The van der Waals surface area contributed by atoms with Crippen molar-refractivity contribution in [2.75, 3.05) is 51.2 Å². The first-order valence-corrected chi connectivity index (χ1v) is 13.6. The minimum absolute atomic E-state index is 0.283. The third-order valence-corrected chi connectivity index (χ3v) is 7.88. The van der Waals surface area contributed by atoms with Crippen molar-refractivity contribution >= 4 is 23.1 Å². The van der Waals surface area contributed by atoms with Crippen LogP contribution >= 0.6 is 11.6 Å². The lowest BCUT2D eigenvalue weighted by molar-refractivity contribution is -0.0807. The molecule has 1 saturated carbocycles. The van der Waals surface area contributed by atoms with E-state index in [0.29, 0.717) is 66.5 Å². The summed E-state index contributed by atoms with van der Waals surface area (Å²) >= 11 is 6.50. The van der Waals surface area contributed by atoms with Crippen molar-refractivity contribution in [3.05, 3.63) is 41.3 Å². The van der Waals surface area contributed by atoms with E-state index in [9.17, 15) is 4.39 Å². The Labute approximate surface area is 224 Å². The molecule has 0 unspecified atom stereocenters. The number of hydrogen-bond donors (Lipinski definition) is 3. The van der Waals surface area contributed by atoms with Gasteiger partial charge in [0.2, 0.25) is 0 Å². The van der Waals surface area contributed by atoms with E-state index in [4.69, 9.17) is 25.8 Å². The van der Waals surface area contributed by atoms with Gasteiger partial charge in [-0.15, -0.1) is 0 Å². The second-order valence-corrected chi connectivity index (χ2v) is 10.7. The Morgan fingerprint density at radius 1 is 1.11 bits per heavy atom.